The van der Waals surface area contributed by atoms with Gasteiger partial charge in [0.25, 0.3) is 0 Å². The Hall–Kier alpha value is -3.89. The highest BCUT2D eigenvalue weighted by atomic mass is 32.2. The molecule has 3 nitrogen and oxygen atoms in total. The van der Waals surface area contributed by atoms with Crippen LogP contribution in [0.1, 0.15) is 48.6 Å². The minimum absolute atomic E-state index is 0.179. The van der Waals surface area contributed by atoms with Gasteiger partial charge in [-0.2, -0.15) is 0 Å². The topological polar surface area (TPSA) is 35.5 Å². The van der Waals surface area contributed by atoms with Crippen molar-refractivity contribution in [3.8, 4) is 11.5 Å². The second-order valence-corrected chi connectivity index (χ2v) is 12.8. The number of allylic oxidation sites excluding steroid dienone is 2. The van der Waals surface area contributed by atoms with E-state index in [2.05, 4.69) is 63.2 Å². The van der Waals surface area contributed by atoms with Crippen LogP contribution in [0.3, 0.4) is 0 Å². The maximum atomic E-state index is 13.8. The first-order valence-corrected chi connectivity index (χ1v) is 14.9. The molecular weight excluding hydrogens is 512 g/mol. The van der Waals surface area contributed by atoms with E-state index in [1.54, 1.807) is 0 Å². The number of hydrogen-bond donors (Lipinski definition) is 0. The Morgan fingerprint density at radius 3 is 1.90 bits per heavy atom. The molecule has 5 rings (SSSR count). The van der Waals surface area contributed by atoms with E-state index in [9.17, 15) is 4.21 Å². The molecule has 0 N–H and O–H groups in total. The Labute approximate surface area is 240 Å². The second kappa shape index (κ2) is 12.1. The molecule has 40 heavy (non-hydrogen) atoms. The lowest BCUT2D eigenvalue weighted by atomic mass is 9.84. The molecule has 4 aromatic rings. The van der Waals surface area contributed by atoms with Crippen molar-refractivity contribution in [1.82, 2.24) is 0 Å². The summed E-state index contributed by atoms with van der Waals surface area (Å²) in [7, 11) is -1.26. The van der Waals surface area contributed by atoms with Gasteiger partial charge in [0, 0.05) is 16.0 Å². The Morgan fingerprint density at radius 2 is 1.32 bits per heavy atom. The van der Waals surface area contributed by atoms with Gasteiger partial charge in [0.2, 0.25) is 0 Å². The van der Waals surface area contributed by atoms with Gasteiger partial charge in [0.1, 0.15) is 24.7 Å². The Bertz CT molecular complexity index is 1530. The molecule has 0 heterocycles. The third-order valence-electron chi connectivity index (χ3n) is 7.03. The minimum atomic E-state index is -1.26. The van der Waals surface area contributed by atoms with E-state index >= 15 is 0 Å². The van der Waals surface area contributed by atoms with Crippen LogP contribution in [-0.2, 0) is 29.4 Å². The van der Waals surface area contributed by atoms with Gasteiger partial charge < -0.3 is 9.47 Å². The average Bonchev–Trinajstić information content (AvgIpc) is 3.45. The third kappa shape index (κ3) is 6.46. The highest BCUT2D eigenvalue weighted by Crippen LogP contribution is 2.43. The zero-order valence-corrected chi connectivity index (χ0v) is 24.4. The lowest BCUT2D eigenvalue weighted by molar-refractivity contribution is 0.289. The van der Waals surface area contributed by atoms with E-state index in [4.69, 9.17) is 9.47 Å². The molecular formula is C36H36O3S. The number of rotatable bonds is 9. The van der Waals surface area contributed by atoms with Crippen LogP contribution in [0.5, 0.6) is 11.5 Å². The highest BCUT2D eigenvalue weighted by molar-refractivity contribution is 7.86. The summed E-state index contributed by atoms with van der Waals surface area (Å²) in [5, 5.41) is -0.288. The van der Waals surface area contributed by atoms with Gasteiger partial charge in [-0.15, -0.1) is 0 Å². The SMILES string of the molecule is Cc1ccc(S(=O)C2C=CC=C2c2cc(OCc3ccccc3)c(C(C)(C)C)cc2OCc2ccccc2)cc1. The van der Waals surface area contributed by atoms with Gasteiger partial charge in [0.15, 0.2) is 0 Å². The Kier molecular flexibility index (Phi) is 8.37. The summed E-state index contributed by atoms with van der Waals surface area (Å²) in [6.45, 7) is 9.49. The largest absolute Gasteiger partial charge is 0.489 e. The van der Waals surface area contributed by atoms with Crippen molar-refractivity contribution < 1.29 is 13.7 Å². The second-order valence-electron chi connectivity index (χ2n) is 11.2. The molecule has 0 saturated carbocycles. The maximum Gasteiger partial charge on any atom is 0.127 e. The number of benzene rings is 4. The average molecular weight is 549 g/mol. The molecule has 0 bridgehead atoms. The van der Waals surface area contributed by atoms with E-state index in [1.807, 2.05) is 79.7 Å². The van der Waals surface area contributed by atoms with Crippen molar-refractivity contribution in [3.05, 3.63) is 143 Å². The fraction of sp³-hybridized carbons (Fsp3) is 0.222. The van der Waals surface area contributed by atoms with Crippen molar-refractivity contribution in [1.29, 1.82) is 0 Å². The summed E-state index contributed by atoms with van der Waals surface area (Å²) >= 11 is 0. The molecule has 2 atom stereocenters. The van der Waals surface area contributed by atoms with Crippen LogP contribution in [0.4, 0.5) is 0 Å². The molecule has 0 fully saturated rings. The minimum Gasteiger partial charge on any atom is -0.489 e. The smallest absolute Gasteiger partial charge is 0.127 e. The van der Waals surface area contributed by atoms with Crippen LogP contribution in [0.2, 0.25) is 0 Å². The number of ether oxygens (including phenoxy) is 2. The van der Waals surface area contributed by atoms with Crippen molar-refractivity contribution in [2.45, 2.75) is 56.5 Å². The summed E-state index contributed by atoms with van der Waals surface area (Å²) in [5.41, 5.74) is 6.10. The summed E-state index contributed by atoms with van der Waals surface area (Å²) in [6.07, 6.45) is 6.07. The fourth-order valence-electron chi connectivity index (χ4n) is 4.79. The van der Waals surface area contributed by atoms with Crippen LogP contribution >= 0.6 is 0 Å². The van der Waals surface area contributed by atoms with E-state index in [-0.39, 0.29) is 10.7 Å². The van der Waals surface area contributed by atoms with Crippen LogP contribution in [0, 0.1) is 6.92 Å². The molecule has 204 valence electrons. The summed E-state index contributed by atoms with van der Waals surface area (Å²) in [5.74, 6) is 1.58. The maximum absolute atomic E-state index is 13.8. The molecule has 0 spiro atoms. The molecule has 1 aliphatic rings. The molecule has 0 aromatic heterocycles. The number of aryl methyl sites for hydroxylation is 1. The predicted molar refractivity (Wildman–Crippen MR) is 165 cm³/mol. The molecule has 0 radical (unpaired) electrons. The molecule has 0 amide bonds. The summed E-state index contributed by atoms with van der Waals surface area (Å²) in [6, 6.07) is 32.5. The van der Waals surface area contributed by atoms with Crippen LogP contribution in [0.15, 0.2) is 120 Å². The van der Waals surface area contributed by atoms with Crippen molar-refractivity contribution in [2.24, 2.45) is 0 Å². The first-order chi connectivity index (χ1) is 19.3. The quantitative estimate of drug-likeness (QED) is 0.210. The van der Waals surface area contributed by atoms with Crippen LogP contribution in [0.25, 0.3) is 5.57 Å². The predicted octanol–water partition coefficient (Wildman–Crippen LogP) is 8.58. The van der Waals surface area contributed by atoms with Crippen molar-refractivity contribution in [2.75, 3.05) is 0 Å². The van der Waals surface area contributed by atoms with Crippen molar-refractivity contribution in [3.63, 3.8) is 0 Å². The van der Waals surface area contributed by atoms with Crippen LogP contribution in [-0.4, -0.2) is 9.46 Å². The molecule has 2 unspecified atom stereocenters. The van der Waals surface area contributed by atoms with Gasteiger partial charge in [0.05, 0.1) is 16.0 Å². The first-order valence-electron chi connectivity index (χ1n) is 13.7. The van der Waals surface area contributed by atoms with Gasteiger partial charge in [-0.05, 0) is 53.3 Å². The summed E-state index contributed by atoms with van der Waals surface area (Å²) in [4.78, 5) is 0.812. The molecule has 0 aliphatic heterocycles. The lowest BCUT2D eigenvalue weighted by Gasteiger charge is -2.26. The van der Waals surface area contributed by atoms with E-state index in [1.165, 1.54) is 0 Å². The molecule has 4 heteroatoms. The number of hydrogen-bond acceptors (Lipinski definition) is 3. The lowest BCUT2D eigenvalue weighted by Crippen LogP contribution is -2.17. The zero-order chi connectivity index (χ0) is 28.1. The van der Waals surface area contributed by atoms with E-state index in [0.29, 0.717) is 13.2 Å². The molecule has 4 aromatic carbocycles. The summed E-state index contributed by atoms with van der Waals surface area (Å²) < 4.78 is 26.8. The van der Waals surface area contributed by atoms with Gasteiger partial charge >= 0.3 is 0 Å². The zero-order valence-electron chi connectivity index (χ0n) is 23.6. The van der Waals surface area contributed by atoms with Gasteiger partial charge in [-0.3, -0.25) is 4.21 Å². The first kappa shape index (κ1) is 27.7. The van der Waals surface area contributed by atoms with Crippen LogP contribution < -0.4 is 9.47 Å². The highest BCUT2D eigenvalue weighted by Gasteiger charge is 2.29. The van der Waals surface area contributed by atoms with Crippen molar-refractivity contribution >= 4 is 16.4 Å². The monoisotopic (exact) mass is 548 g/mol. The third-order valence-corrected chi connectivity index (χ3v) is 8.64. The molecule has 0 saturated heterocycles. The molecule has 1 aliphatic carbocycles. The van der Waals surface area contributed by atoms with Gasteiger partial charge in [-0.25, -0.2) is 0 Å². The standard InChI is InChI=1S/C36H36O3S/c1-26-18-20-29(21-19-26)40(37)35-17-11-16-30(35)31-22-34(39-25-28-14-9-6-10-15-28)32(36(2,3)4)23-33(31)38-24-27-12-7-5-8-13-27/h5-23,35H,24-25H2,1-4H3. The normalized spacial score (nSPS) is 15.5. The van der Waals surface area contributed by atoms with E-state index in [0.717, 1.165) is 49.8 Å². The van der Waals surface area contributed by atoms with E-state index < -0.39 is 10.8 Å². The Morgan fingerprint density at radius 1 is 0.750 bits per heavy atom. The fourth-order valence-corrected chi connectivity index (χ4v) is 6.16. The van der Waals surface area contributed by atoms with Gasteiger partial charge in [-0.1, -0.05) is 117 Å². The Balaban J connectivity index is 1.55.